The number of hydrogen-bond acceptors (Lipinski definition) is 4. The molecule has 0 bridgehead atoms. The van der Waals surface area contributed by atoms with Crippen LogP contribution in [-0.4, -0.2) is 57.0 Å². The Morgan fingerprint density at radius 2 is 1.96 bits per heavy atom. The molecule has 2 saturated heterocycles. The summed E-state index contributed by atoms with van der Waals surface area (Å²) in [5.41, 5.74) is 0.524. The van der Waals surface area contributed by atoms with E-state index in [0.29, 0.717) is 42.2 Å². The molecule has 3 rings (SSSR count). The lowest BCUT2D eigenvalue weighted by molar-refractivity contribution is -0.947. The largest absolute Gasteiger partial charge is 0.493 e. The zero-order chi connectivity index (χ0) is 20.0. The van der Waals surface area contributed by atoms with Gasteiger partial charge in [-0.05, 0) is 50.3 Å². The zero-order valence-electron chi connectivity index (χ0n) is 17.7. The zero-order valence-corrected chi connectivity index (χ0v) is 17.7. The van der Waals surface area contributed by atoms with Gasteiger partial charge in [0, 0.05) is 12.3 Å². The summed E-state index contributed by atoms with van der Waals surface area (Å²) in [6.45, 7) is 5.84. The molecule has 1 aromatic carbocycles. The number of unbranched alkanes of at least 4 members (excludes halogenated alkanes) is 1. The summed E-state index contributed by atoms with van der Waals surface area (Å²) >= 11 is 0. The number of fused-ring (bicyclic) bond motifs is 1. The van der Waals surface area contributed by atoms with Gasteiger partial charge in [-0.15, -0.1) is 0 Å². The van der Waals surface area contributed by atoms with Crippen molar-refractivity contribution in [2.24, 2.45) is 5.92 Å². The molecular formula is C23H36NO4+. The molecule has 0 saturated carbocycles. The first-order chi connectivity index (χ1) is 13.6. The van der Waals surface area contributed by atoms with E-state index in [1.165, 1.54) is 49.7 Å². The second-order valence-electron chi connectivity index (χ2n) is 8.56. The lowest BCUT2D eigenvalue weighted by Gasteiger charge is -2.51. The van der Waals surface area contributed by atoms with Crippen LogP contribution in [0.3, 0.4) is 0 Å². The molecule has 0 spiro atoms. The Morgan fingerprint density at radius 3 is 2.75 bits per heavy atom. The van der Waals surface area contributed by atoms with Crippen molar-refractivity contribution in [3.8, 4) is 11.5 Å². The highest BCUT2D eigenvalue weighted by atomic mass is 16.5. The van der Waals surface area contributed by atoms with Crippen LogP contribution in [0.15, 0.2) is 18.2 Å². The number of quaternary nitrogens is 1. The summed E-state index contributed by atoms with van der Waals surface area (Å²) in [4.78, 5) is 12.6. The predicted molar refractivity (Wildman–Crippen MR) is 110 cm³/mol. The van der Waals surface area contributed by atoms with E-state index < -0.39 is 0 Å². The van der Waals surface area contributed by atoms with Crippen LogP contribution in [0.1, 0.15) is 62.2 Å². The molecule has 1 aromatic rings. The van der Waals surface area contributed by atoms with E-state index in [1.807, 2.05) is 0 Å². The van der Waals surface area contributed by atoms with Gasteiger partial charge < -0.3 is 18.7 Å². The molecule has 0 aliphatic carbocycles. The van der Waals surface area contributed by atoms with Crippen molar-refractivity contribution < 1.29 is 23.5 Å². The van der Waals surface area contributed by atoms with Crippen molar-refractivity contribution in [3.63, 3.8) is 0 Å². The molecule has 156 valence electrons. The molecule has 1 unspecified atom stereocenters. The highest BCUT2D eigenvalue weighted by molar-refractivity contribution is 5.90. The van der Waals surface area contributed by atoms with E-state index in [0.717, 1.165) is 12.8 Å². The first-order valence-electron chi connectivity index (χ1n) is 10.9. The summed E-state index contributed by atoms with van der Waals surface area (Å²) in [6.07, 6.45) is 8.35. The lowest BCUT2D eigenvalue weighted by atomic mass is 9.82. The average molecular weight is 391 g/mol. The van der Waals surface area contributed by atoms with Crippen molar-refractivity contribution in [3.05, 3.63) is 23.8 Å². The summed E-state index contributed by atoms with van der Waals surface area (Å²) in [5, 5.41) is 0. The minimum atomic E-state index is -0.269. The van der Waals surface area contributed by atoms with Gasteiger partial charge in [-0.25, -0.2) is 4.79 Å². The monoisotopic (exact) mass is 390 g/mol. The van der Waals surface area contributed by atoms with Crippen LogP contribution in [-0.2, 0) is 4.74 Å². The normalized spacial score (nSPS) is 27.0. The maximum absolute atomic E-state index is 12.6. The Kier molecular flexibility index (Phi) is 7.22. The Hall–Kier alpha value is -1.75. The third kappa shape index (κ3) is 4.80. The molecular weight excluding hydrogens is 354 g/mol. The molecule has 0 amide bonds. The fourth-order valence-electron chi connectivity index (χ4n) is 4.93. The third-order valence-corrected chi connectivity index (χ3v) is 6.59. The van der Waals surface area contributed by atoms with Crippen LogP contribution >= 0.6 is 0 Å². The van der Waals surface area contributed by atoms with Gasteiger partial charge in [0.05, 0.1) is 45.5 Å². The number of esters is 1. The number of piperidine rings is 2. The Labute approximate surface area is 169 Å². The molecule has 2 fully saturated rings. The number of nitrogens with zero attached hydrogens (tertiary/aromatic N) is 1. The standard InChI is InChI=1S/C23H36NO4/c1-4-5-15-27-21-12-11-18(16-22(21)26-3)23(25)28-17-19-9-8-14-24(2)13-7-6-10-20(19)24/h11-12,16,19-20H,4-10,13-15,17H2,1-3H3/q+1/t19-,20-,24?/m1/s1. The molecule has 0 N–H and O–H groups in total. The quantitative estimate of drug-likeness (QED) is 0.374. The highest BCUT2D eigenvalue weighted by Crippen LogP contribution is 2.36. The number of carbonyl (C=O) groups excluding carboxylic acids is 1. The van der Waals surface area contributed by atoms with E-state index in [4.69, 9.17) is 14.2 Å². The second kappa shape index (κ2) is 9.64. The van der Waals surface area contributed by atoms with E-state index in [1.54, 1.807) is 25.3 Å². The number of hydrogen-bond donors (Lipinski definition) is 0. The van der Waals surface area contributed by atoms with Crippen LogP contribution in [0.4, 0.5) is 0 Å². The van der Waals surface area contributed by atoms with Crippen LogP contribution in [0.25, 0.3) is 0 Å². The van der Waals surface area contributed by atoms with Crippen molar-refractivity contribution >= 4 is 5.97 Å². The average Bonchev–Trinajstić information content (AvgIpc) is 2.71. The molecule has 2 heterocycles. The Bertz CT molecular complexity index is 658. The van der Waals surface area contributed by atoms with Gasteiger partial charge in [0.2, 0.25) is 0 Å². The van der Waals surface area contributed by atoms with Gasteiger partial charge in [0.15, 0.2) is 11.5 Å². The molecule has 28 heavy (non-hydrogen) atoms. The number of carbonyl (C=O) groups is 1. The number of rotatable bonds is 8. The SMILES string of the molecule is CCCCOc1ccc(C(=O)OC[C@H]2CCC[N+]3(C)CCCC[C@H]23)cc1OC. The van der Waals surface area contributed by atoms with Crippen LogP contribution in [0.5, 0.6) is 11.5 Å². The Morgan fingerprint density at radius 1 is 1.14 bits per heavy atom. The van der Waals surface area contributed by atoms with Gasteiger partial charge in [-0.2, -0.15) is 0 Å². The number of methoxy groups -OCH3 is 1. The molecule has 2 aliphatic rings. The van der Waals surface area contributed by atoms with Crippen LogP contribution < -0.4 is 9.47 Å². The molecule has 5 nitrogen and oxygen atoms in total. The van der Waals surface area contributed by atoms with Crippen molar-refractivity contribution in [2.45, 2.75) is 57.9 Å². The fraction of sp³-hybridized carbons (Fsp3) is 0.696. The topological polar surface area (TPSA) is 44.8 Å². The van der Waals surface area contributed by atoms with Gasteiger partial charge in [-0.3, -0.25) is 0 Å². The lowest BCUT2D eigenvalue weighted by Crippen LogP contribution is -2.61. The van der Waals surface area contributed by atoms with E-state index in [-0.39, 0.29) is 5.97 Å². The van der Waals surface area contributed by atoms with E-state index in [9.17, 15) is 4.79 Å². The molecule has 3 atom stereocenters. The first kappa shape index (κ1) is 21.0. The van der Waals surface area contributed by atoms with Crippen molar-refractivity contribution in [1.29, 1.82) is 0 Å². The molecule has 2 aliphatic heterocycles. The maximum atomic E-state index is 12.6. The van der Waals surface area contributed by atoms with Gasteiger partial charge in [0.25, 0.3) is 0 Å². The third-order valence-electron chi connectivity index (χ3n) is 6.59. The Balaban J connectivity index is 1.59. The maximum Gasteiger partial charge on any atom is 0.338 e. The summed E-state index contributed by atoms with van der Waals surface area (Å²) in [7, 11) is 3.99. The van der Waals surface area contributed by atoms with Gasteiger partial charge in [0.1, 0.15) is 6.61 Å². The first-order valence-corrected chi connectivity index (χ1v) is 10.9. The van der Waals surface area contributed by atoms with Crippen molar-refractivity contribution in [1.82, 2.24) is 0 Å². The minimum Gasteiger partial charge on any atom is -0.493 e. The smallest absolute Gasteiger partial charge is 0.338 e. The fourth-order valence-corrected chi connectivity index (χ4v) is 4.93. The predicted octanol–water partition coefficient (Wildman–Crippen LogP) is 4.44. The van der Waals surface area contributed by atoms with Crippen LogP contribution in [0.2, 0.25) is 0 Å². The minimum absolute atomic E-state index is 0.269. The van der Waals surface area contributed by atoms with E-state index >= 15 is 0 Å². The summed E-state index contributed by atoms with van der Waals surface area (Å²) < 4.78 is 18.1. The summed E-state index contributed by atoms with van der Waals surface area (Å²) in [5.74, 6) is 1.46. The van der Waals surface area contributed by atoms with Crippen LogP contribution in [0, 0.1) is 5.92 Å². The number of ether oxygens (including phenoxy) is 3. The van der Waals surface area contributed by atoms with E-state index in [2.05, 4.69) is 14.0 Å². The summed E-state index contributed by atoms with van der Waals surface area (Å²) in [6, 6.07) is 5.94. The number of benzene rings is 1. The molecule has 5 heteroatoms. The van der Waals surface area contributed by atoms with Crippen molar-refractivity contribution in [2.75, 3.05) is 40.5 Å². The highest BCUT2D eigenvalue weighted by Gasteiger charge is 2.43. The van der Waals surface area contributed by atoms with Gasteiger partial charge in [-0.1, -0.05) is 13.3 Å². The molecule has 0 aromatic heterocycles. The second-order valence-corrected chi connectivity index (χ2v) is 8.56. The molecule has 0 radical (unpaired) electrons. The van der Waals surface area contributed by atoms with Gasteiger partial charge >= 0.3 is 5.97 Å².